The topological polar surface area (TPSA) is 29.3 Å². The third kappa shape index (κ3) is 3.17. The Morgan fingerprint density at radius 1 is 1.10 bits per heavy atom. The summed E-state index contributed by atoms with van der Waals surface area (Å²) in [6.07, 6.45) is 3.90. The van der Waals surface area contributed by atoms with Crippen molar-refractivity contribution in [1.82, 2.24) is 4.90 Å². The van der Waals surface area contributed by atoms with Crippen LogP contribution in [-0.4, -0.2) is 30.1 Å². The molecule has 0 spiro atoms. The van der Waals surface area contributed by atoms with Gasteiger partial charge in [0.15, 0.2) is 0 Å². The molecular formula is C19H30N2. The summed E-state index contributed by atoms with van der Waals surface area (Å²) in [5.41, 5.74) is 9.26. The average Bonchev–Trinajstić information content (AvgIpc) is 2.45. The lowest BCUT2D eigenvalue weighted by atomic mass is 9.77. The SMILES string of the molecule is CC(C)c1ccc(C2CC(N)CN(C3CCC3C)C2)cc1. The minimum absolute atomic E-state index is 0.335. The molecule has 2 heteroatoms. The number of rotatable bonds is 3. The minimum atomic E-state index is 0.335. The Balaban J connectivity index is 1.71. The van der Waals surface area contributed by atoms with Gasteiger partial charge in [0, 0.05) is 25.2 Å². The second-order valence-corrected chi connectivity index (χ2v) is 7.59. The smallest absolute Gasteiger partial charge is 0.0174 e. The van der Waals surface area contributed by atoms with Crippen molar-refractivity contribution in [3.8, 4) is 0 Å². The van der Waals surface area contributed by atoms with Gasteiger partial charge in [-0.3, -0.25) is 4.90 Å². The Kier molecular flexibility index (Phi) is 4.37. The first-order valence-corrected chi connectivity index (χ1v) is 8.64. The van der Waals surface area contributed by atoms with Gasteiger partial charge in [0.2, 0.25) is 0 Å². The zero-order valence-electron chi connectivity index (χ0n) is 13.8. The molecule has 116 valence electrons. The summed E-state index contributed by atoms with van der Waals surface area (Å²) >= 11 is 0. The van der Waals surface area contributed by atoms with E-state index in [1.54, 1.807) is 0 Å². The summed E-state index contributed by atoms with van der Waals surface area (Å²) in [4.78, 5) is 2.67. The fourth-order valence-electron chi connectivity index (χ4n) is 4.03. The van der Waals surface area contributed by atoms with E-state index in [-0.39, 0.29) is 0 Å². The monoisotopic (exact) mass is 286 g/mol. The van der Waals surface area contributed by atoms with Gasteiger partial charge in [-0.2, -0.15) is 0 Å². The van der Waals surface area contributed by atoms with Gasteiger partial charge in [0.05, 0.1) is 0 Å². The van der Waals surface area contributed by atoms with E-state index in [9.17, 15) is 0 Å². The standard InChI is InChI=1S/C19H30N2/c1-13(2)15-5-7-16(8-6-15)17-10-18(20)12-21(11-17)19-9-4-14(19)3/h5-8,13-14,17-19H,4,9-12,20H2,1-3H3. The van der Waals surface area contributed by atoms with Gasteiger partial charge < -0.3 is 5.73 Å². The van der Waals surface area contributed by atoms with Crippen LogP contribution in [0.15, 0.2) is 24.3 Å². The number of nitrogens with zero attached hydrogens (tertiary/aromatic N) is 1. The van der Waals surface area contributed by atoms with Crippen molar-refractivity contribution in [3.63, 3.8) is 0 Å². The number of nitrogens with two attached hydrogens (primary N) is 1. The van der Waals surface area contributed by atoms with Gasteiger partial charge >= 0.3 is 0 Å². The summed E-state index contributed by atoms with van der Waals surface area (Å²) in [6.45, 7) is 9.19. The molecule has 1 saturated heterocycles. The number of likely N-dealkylation sites (tertiary alicyclic amines) is 1. The fraction of sp³-hybridized carbons (Fsp3) is 0.684. The third-order valence-electron chi connectivity index (χ3n) is 5.63. The van der Waals surface area contributed by atoms with E-state index in [1.807, 2.05) is 0 Å². The normalized spacial score (nSPS) is 34.0. The van der Waals surface area contributed by atoms with E-state index in [0.29, 0.717) is 17.9 Å². The lowest BCUT2D eigenvalue weighted by Gasteiger charge is -2.48. The van der Waals surface area contributed by atoms with Crippen LogP contribution in [0.25, 0.3) is 0 Å². The summed E-state index contributed by atoms with van der Waals surface area (Å²) in [5.74, 6) is 2.09. The van der Waals surface area contributed by atoms with Gasteiger partial charge in [0.25, 0.3) is 0 Å². The van der Waals surface area contributed by atoms with Gasteiger partial charge in [0.1, 0.15) is 0 Å². The zero-order chi connectivity index (χ0) is 15.0. The Morgan fingerprint density at radius 3 is 2.33 bits per heavy atom. The molecule has 2 N–H and O–H groups in total. The highest BCUT2D eigenvalue weighted by atomic mass is 15.2. The van der Waals surface area contributed by atoms with Crippen molar-refractivity contribution >= 4 is 0 Å². The Hall–Kier alpha value is -0.860. The first-order valence-electron chi connectivity index (χ1n) is 8.64. The van der Waals surface area contributed by atoms with Gasteiger partial charge in [-0.05, 0) is 48.1 Å². The number of hydrogen-bond donors (Lipinski definition) is 1. The molecule has 3 rings (SSSR count). The third-order valence-corrected chi connectivity index (χ3v) is 5.63. The molecule has 2 nitrogen and oxygen atoms in total. The maximum Gasteiger partial charge on any atom is 0.0174 e. The molecule has 0 aromatic heterocycles. The van der Waals surface area contributed by atoms with Crippen LogP contribution < -0.4 is 5.73 Å². The van der Waals surface area contributed by atoms with Crippen LogP contribution in [-0.2, 0) is 0 Å². The molecule has 2 aliphatic rings. The first kappa shape index (κ1) is 15.1. The van der Waals surface area contributed by atoms with E-state index in [2.05, 4.69) is 49.9 Å². The number of piperidine rings is 1. The van der Waals surface area contributed by atoms with Crippen LogP contribution in [0.1, 0.15) is 63.0 Å². The minimum Gasteiger partial charge on any atom is -0.327 e. The van der Waals surface area contributed by atoms with Crippen molar-refractivity contribution in [2.75, 3.05) is 13.1 Å². The summed E-state index contributed by atoms with van der Waals surface area (Å²) < 4.78 is 0. The molecule has 1 aliphatic carbocycles. The highest BCUT2D eigenvalue weighted by Gasteiger charge is 2.36. The second-order valence-electron chi connectivity index (χ2n) is 7.59. The lowest BCUT2D eigenvalue weighted by molar-refractivity contribution is 0.0419. The van der Waals surface area contributed by atoms with Crippen LogP contribution in [0.3, 0.4) is 0 Å². The van der Waals surface area contributed by atoms with E-state index >= 15 is 0 Å². The molecule has 1 saturated carbocycles. The van der Waals surface area contributed by atoms with Crippen molar-refractivity contribution in [2.45, 2.75) is 64.0 Å². The molecule has 0 radical (unpaired) electrons. The summed E-state index contributed by atoms with van der Waals surface area (Å²) in [6, 6.07) is 10.4. The number of hydrogen-bond acceptors (Lipinski definition) is 2. The van der Waals surface area contributed by atoms with Gasteiger partial charge in [-0.15, -0.1) is 0 Å². The molecule has 4 atom stereocenters. The van der Waals surface area contributed by atoms with Crippen LogP contribution in [0, 0.1) is 5.92 Å². The van der Waals surface area contributed by atoms with E-state index < -0.39 is 0 Å². The van der Waals surface area contributed by atoms with Crippen LogP contribution in [0.4, 0.5) is 0 Å². The molecule has 2 fully saturated rings. The van der Waals surface area contributed by atoms with Crippen molar-refractivity contribution in [2.24, 2.45) is 11.7 Å². The lowest BCUT2D eigenvalue weighted by Crippen LogP contribution is -2.55. The number of benzene rings is 1. The molecule has 1 aliphatic heterocycles. The fourth-order valence-corrected chi connectivity index (χ4v) is 4.03. The quantitative estimate of drug-likeness (QED) is 0.917. The van der Waals surface area contributed by atoms with Crippen molar-refractivity contribution in [3.05, 3.63) is 35.4 Å². The van der Waals surface area contributed by atoms with E-state index in [4.69, 9.17) is 5.73 Å². The van der Waals surface area contributed by atoms with Crippen molar-refractivity contribution in [1.29, 1.82) is 0 Å². The first-order chi connectivity index (χ1) is 10.0. The molecule has 1 heterocycles. The van der Waals surface area contributed by atoms with Crippen LogP contribution in [0.5, 0.6) is 0 Å². The summed E-state index contributed by atoms with van der Waals surface area (Å²) in [7, 11) is 0. The van der Waals surface area contributed by atoms with Gasteiger partial charge in [-0.1, -0.05) is 45.0 Å². The molecule has 0 bridgehead atoms. The van der Waals surface area contributed by atoms with Crippen LogP contribution >= 0.6 is 0 Å². The maximum absolute atomic E-state index is 6.35. The van der Waals surface area contributed by atoms with Crippen molar-refractivity contribution < 1.29 is 0 Å². The molecule has 1 aromatic rings. The molecule has 0 amide bonds. The van der Waals surface area contributed by atoms with Gasteiger partial charge in [-0.25, -0.2) is 0 Å². The second kappa shape index (κ2) is 6.10. The summed E-state index contributed by atoms with van der Waals surface area (Å²) in [5, 5.41) is 0. The Labute approximate surface area is 129 Å². The predicted molar refractivity (Wildman–Crippen MR) is 89.6 cm³/mol. The average molecular weight is 286 g/mol. The molecule has 1 aromatic carbocycles. The molecule has 4 unspecified atom stereocenters. The Bertz CT molecular complexity index is 465. The van der Waals surface area contributed by atoms with E-state index in [0.717, 1.165) is 24.9 Å². The van der Waals surface area contributed by atoms with Crippen LogP contribution in [0.2, 0.25) is 0 Å². The molecular weight excluding hydrogens is 256 g/mol. The molecule has 21 heavy (non-hydrogen) atoms. The highest BCUT2D eigenvalue weighted by Crippen LogP contribution is 2.36. The predicted octanol–water partition coefficient (Wildman–Crippen LogP) is 3.73. The Morgan fingerprint density at radius 2 is 1.81 bits per heavy atom. The largest absolute Gasteiger partial charge is 0.327 e. The zero-order valence-corrected chi connectivity index (χ0v) is 13.8. The highest BCUT2D eigenvalue weighted by molar-refractivity contribution is 5.28. The maximum atomic E-state index is 6.35. The van der Waals surface area contributed by atoms with E-state index in [1.165, 1.54) is 30.5 Å².